The summed E-state index contributed by atoms with van der Waals surface area (Å²) in [6.45, 7) is 0.774. The zero-order chi connectivity index (χ0) is 22.3. The molecule has 0 unspecified atom stereocenters. The van der Waals surface area contributed by atoms with Crippen LogP contribution >= 0.6 is 0 Å². The molecule has 0 aromatic heterocycles. The van der Waals surface area contributed by atoms with Gasteiger partial charge in [0.05, 0.1) is 23.7 Å². The molecule has 162 valence electrons. The van der Waals surface area contributed by atoms with E-state index >= 15 is 0 Å². The van der Waals surface area contributed by atoms with Crippen LogP contribution in [0.4, 0.5) is 35.1 Å². The van der Waals surface area contributed by atoms with E-state index in [4.69, 9.17) is 0 Å². The molecule has 1 fully saturated rings. The van der Waals surface area contributed by atoms with Crippen molar-refractivity contribution in [1.29, 1.82) is 0 Å². The molecule has 0 spiro atoms. The Kier molecular flexibility index (Phi) is 6.32. The normalized spacial score (nSPS) is 21.3. The van der Waals surface area contributed by atoms with E-state index in [1.165, 1.54) is 13.8 Å². The van der Waals surface area contributed by atoms with E-state index in [2.05, 4.69) is 9.47 Å². The molecule has 0 radical (unpaired) electrons. The third-order valence-electron chi connectivity index (χ3n) is 4.85. The molecular formula is C18H16F8O3. The number of halogens is 8. The molecule has 0 bridgehead atoms. The van der Waals surface area contributed by atoms with Gasteiger partial charge in [-0.1, -0.05) is 13.8 Å². The molecule has 2 atom stereocenters. The van der Waals surface area contributed by atoms with E-state index in [-0.39, 0.29) is 6.08 Å². The highest BCUT2D eigenvalue weighted by atomic mass is 19.4. The molecule has 0 aliphatic heterocycles. The molecule has 29 heavy (non-hydrogen) atoms. The van der Waals surface area contributed by atoms with Crippen molar-refractivity contribution in [1.82, 2.24) is 0 Å². The van der Waals surface area contributed by atoms with Crippen LogP contribution in [0.1, 0.15) is 25.0 Å². The standard InChI is InChI=1S/C18H16F8O3/c1-17(2)9(4-10(19)18(24,25)26)11(17)16(27)29-6-8-14(22)12(20)7(5-28-3)13(21)15(8)23/h4,9,11H,5-6H2,1-3H3/b10-4-/t9-,11-/m1/s1. The van der Waals surface area contributed by atoms with E-state index in [9.17, 15) is 39.9 Å². The largest absolute Gasteiger partial charge is 0.460 e. The summed E-state index contributed by atoms with van der Waals surface area (Å²) < 4.78 is 115. The van der Waals surface area contributed by atoms with Gasteiger partial charge in [-0.3, -0.25) is 4.79 Å². The molecule has 1 aromatic rings. The first kappa shape index (κ1) is 23.1. The van der Waals surface area contributed by atoms with Crippen LogP contribution < -0.4 is 0 Å². The Balaban J connectivity index is 2.18. The molecule has 0 N–H and O–H groups in total. The number of esters is 1. The second-order valence-electron chi connectivity index (χ2n) is 7.09. The minimum Gasteiger partial charge on any atom is -0.460 e. The topological polar surface area (TPSA) is 35.5 Å². The van der Waals surface area contributed by atoms with Gasteiger partial charge in [0.1, 0.15) is 6.61 Å². The summed E-state index contributed by atoms with van der Waals surface area (Å²) in [6.07, 6.45) is -5.00. The fourth-order valence-electron chi connectivity index (χ4n) is 3.04. The number of allylic oxidation sites excluding steroid dienone is 2. The Morgan fingerprint density at radius 1 is 1.00 bits per heavy atom. The highest BCUT2D eigenvalue weighted by molar-refractivity contribution is 5.78. The van der Waals surface area contributed by atoms with Crippen molar-refractivity contribution in [3.8, 4) is 0 Å². The van der Waals surface area contributed by atoms with Crippen molar-refractivity contribution in [2.45, 2.75) is 33.2 Å². The second kappa shape index (κ2) is 7.92. The maximum absolute atomic E-state index is 14.0. The molecule has 2 rings (SSSR count). The van der Waals surface area contributed by atoms with E-state index < -0.39 is 82.8 Å². The quantitative estimate of drug-likeness (QED) is 0.356. The highest BCUT2D eigenvalue weighted by Crippen LogP contribution is 2.60. The van der Waals surface area contributed by atoms with Crippen LogP contribution in [-0.4, -0.2) is 19.3 Å². The molecule has 3 nitrogen and oxygen atoms in total. The average molecular weight is 432 g/mol. The molecule has 1 saturated carbocycles. The van der Waals surface area contributed by atoms with Crippen LogP contribution in [0, 0.1) is 40.5 Å². The van der Waals surface area contributed by atoms with Crippen LogP contribution in [0.5, 0.6) is 0 Å². The fourth-order valence-corrected chi connectivity index (χ4v) is 3.04. The molecule has 11 heteroatoms. The van der Waals surface area contributed by atoms with E-state index in [0.717, 1.165) is 7.11 Å². The summed E-state index contributed by atoms with van der Waals surface area (Å²) in [7, 11) is 1.05. The van der Waals surface area contributed by atoms with Crippen LogP contribution in [-0.2, 0) is 27.5 Å². The van der Waals surface area contributed by atoms with Gasteiger partial charge in [0.2, 0.25) is 0 Å². The lowest BCUT2D eigenvalue weighted by Gasteiger charge is -2.12. The molecule has 1 aliphatic rings. The smallest absolute Gasteiger partial charge is 0.442 e. The van der Waals surface area contributed by atoms with Crippen molar-refractivity contribution >= 4 is 5.97 Å². The first-order valence-corrected chi connectivity index (χ1v) is 8.18. The number of alkyl halides is 3. The van der Waals surface area contributed by atoms with Gasteiger partial charge in [0.25, 0.3) is 0 Å². The Bertz CT molecular complexity index is 815. The number of rotatable bonds is 6. The van der Waals surface area contributed by atoms with E-state index in [1.807, 2.05) is 0 Å². The Hall–Kier alpha value is -2.17. The van der Waals surface area contributed by atoms with Gasteiger partial charge in [-0.05, 0) is 17.4 Å². The number of methoxy groups -OCH3 is 1. The van der Waals surface area contributed by atoms with Gasteiger partial charge in [-0.15, -0.1) is 0 Å². The highest BCUT2D eigenvalue weighted by Gasteiger charge is 2.62. The Labute approximate surface area is 160 Å². The van der Waals surface area contributed by atoms with Gasteiger partial charge in [-0.25, -0.2) is 22.0 Å². The maximum Gasteiger partial charge on any atom is 0.442 e. The summed E-state index contributed by atoms with van der Waals surface area (Å²) in [6, 6.07) is 0. The van der Waals surface area contributed by atoms with Crippen molar-refractivity contribution < 1.29 is 49.4 Å². The summed E-state index contributed by atoms with van der Waals surface area (Å²) in [5.74, 6) is -13.0. The first-order chi connectivity index (χ1) is 13.2. The molecule has 0 heterocycles. The van der Waals surface area contributed by atoms with Gasteiger partial charge in [0.15, 0.2) is 29.1 Å². The first-order valence-electron chi connectivity index (χ1n) is 8.18. The van der Waals surface area contributed by atoms with Gasteiger partial charge < -0.3 is 9.47 Å². The lowest BCUT2D eigenvalue weighted by atomic mass is 10.1. The minimum absolute atomic E-state index is 0.228. The SMILES string of the molecule is COCc1c(F)c(F)c(COC(=O)[C@H]2[C@@H](/C=C(\F)C(F)(F)F)C2(C)C)c(F)c1F. The van der Waals surface area contributed by atoms with Crippen LogP contribution in [0.2, 0.25) is 0 Å². The van der Waals surface area contributed by atoms with Gasteiger partial charge in [0, 0.05) is 7.11 Å². The predicted octanol–water partition coefficient (Wildman–Crippen LogP) is 5.12. The summed E-state index contributed by atoms with van der Waals surface area (Å²) >= 11 is 0. The zero-order valence-electron chi connectivity index (χ0n) is 15.4. The van der Waals surface area contributed by atoms with Crippen molar-refractivity contribution in [3.05, 3.63) is 46.3 Å². The van der Waals surface area contributed by atoms with Crippen LogP contribution in [0.25, 0.3) is 0 Å². The number of ether oxygens (including phenoxy) is 2. The Morgan fingerprint density at radius 2 is 1.45 bits per heavy atom. The third kappa shape index (κ3) is 4.39. The van der Waals surface area contributed by atoms with Crippen molar-refractivity contribution in [2.75, 3.05) is 7.11 Å². The molecule has 1 aromatic carbocycles. The molecule has 0 saturated heterocycles. The lowest BCUT2D eigenvalue weighted by molar-refractivity contribution is -0.147. The number of hydrogen-bond donors (Lipinski definition) is 0. The second-order valence-corrected chi connectivity index (χ2v) is 7.09. The van der Waals surface area contributed by atoms with Crippen molar-refractivity contribution in [2.24, 2.45) is 17.3 Å². The molecule has 1 aliphatic carbocycles. The molecule has 0 amide bonds. The number of benzene rings is 1. The fraction of sp³-hybridized carbons (Fsp3) is 0.500. The van der Waals surface area contributed by atoms with Crippen molar-refractivity contribution in [3.63, 3.8) is 0 Å². The van der Waals surface area contributed by atoms with Crippen LogP contribution in [0.3, 0.4) is 0 Å². The molecular weight excluding hydrogens is 416 g/mol. The van der Waals surface area contributed by atoms with E-state index in [0.29, 0.717) is 0 Å². The Morgan fingerprint density at radius 3 is 1.86 bits per heavy atom. The predicted molar refractivity (Wildman–Crippen MR) is 82.8 cm³/mol. The lowest BCUT2D eigenvalue weighted by Crippen LogP contribution is -2.15. The monoisotopic (exact) mass is 432 g/mol. The van der Waals surface area contributed by atoms with Gasteiger partial charge >= 0.3 is 12.1 Å². The maximum atomic E-state index is 14.0. The zero-order valence-corrected chi connectivity index (χ0v) is 15.4. The summed E-state index contributed by atoms with van der Waals surface area (Å²) in [5.41, 5.74) is -3.32. The van der Waals surface area contributed by atoms with E-state index in [1.54, 1.807) is 0 Å². The number of carbonyl (C=O) groups is 1. The summed E-state index contributed by atoms with van der Waals surface area (Å²) in [4.78, 5) is 12.1. The number of carbonyl (C=O) groups excluding carboxylic acids is 1. The average Bonchev–Trinajstić information content (AvgIpc) is 3.16. The third-order valence-corrected chi connectivity index (χ3v) is 4.85. The minimum atomic E-state index is -5.22. The van der Waals surface area contributed by atoms with Gasteiger partial charge in [-0.2, -0.15) is 13.2 Å². The van der Waals surface area contributed by atoms with Crippen LogP contribution in [0.15, 0.2) is 11.9 Å². The number of hydrogen-bond acceptors (Lipinski definition) is 3. The summed E-state index contributed by atoms with van der Waals surface area (Å²) in [5, 5.41) is 0.